The molecule has 0 aliphatic carbocycles. The minimum atomic E-state index is -0.157. The maximum atomic E-state index is 6.50. The highest BCUT2D eigenvalue weighted by atomic mass is 16.5. The largest absolute Gasteiger partial charge is 0.497 e. The van der Waals surface area contributed by atoms with Crippen LogP contribution in [0.1, 0.15) is 34.0 Å². The van der Waals surface area contributed by atoms with Gasteiger partial charge in [0.15, 0.2) is 11.5 Å². The van der Waals surface area contributed by atoms with Gasteiger partial charge in [-0.25, -0.2) is 14.5 Å². The van der Waals surface area contributed by atoms with Gasteiger partial charge in [0.2, 0.25) is 5.88 Å². The molecule has 1 unspecified atom stereocenters. The lowest BCUT2D eigenvalue weighted by molar-refractivity contribution is 0.296. The number of aromatic nitrogens is 4. The monoisotopic (exact) mass is 500 g/mol. The third kappa shape index (κ3) is 3.71. The van der Waals surface area contributed by atoms with E-state index < -0.39 is 0 Å². The van der Waals surface area contributed by atoms with Gasteiger partial charge in [-0.2, -0.15) is 0 Å². The van der Waals surface area contributed by atoms with E-state index in [0.717, 1.165) is 44.7 Å². The Bertz CT molecular complexity index is 1790. The fourth-order valence-corrected chi connectivity index (χ4v) is 5.08. The standard InChI is InChI=1S/C31H24N4O3/c1-19-7-12-23(13-8-19)37-17-26-33-30-28-27(21-9-14-22(36-2)15-10-21)25-16-11-20-5-3-4-6-24(20)29(25)38-31(28)32-18-35(30)34-26/h3-16,18,27H,17H2,1-2H3. The molecule has 38 heavy (non-hydrogen) atoms. The molecule has 7 nitrogen and oxygen atoms in total. The van der Waals surface area contributed by atoms with Gasteiger partial charge in [-0.3, -0.25) is 0 Å². The van der Waals surface area contributed by atoms with Crippen molar-refractivity contribution in [3.63, 3.8) is 0 Å². The first-order valence-electron chi connectivity index (χ1n) is 12.4. The smallest absolute Gasteiger partial charge is 0.228 e. The Kier molecular flexibility index (Phi) is 5.21. The van der Waals surface area contributed by atoms with E-state index in [2.05, 4.69) is 46.5 Å². The molecule has 6 aromatic rings. The van der Waals surface area contributed by atoms with Crippen molar-refractivity contribution in [2.75, 3.05) is 7.11 Å². The van der Waals surface area contributed by atoms with Crippen molar-refractivity contribution in [3.05, 3.63) is 119 Å². The Labute approximate surface area is 219 Å². The molecule has 1 aliphatic rings. The molecule has 0 fully saturated rings. The van der Waals surface area contributed by atoms with Crippen LogP contribution in [0.4, 0.5) is 0 Å². The average molecular weight is 501 g/mol. The minimum Gasteiger partial charge on any atom is -0.497 e. The molecule has 7 heteroatoms. The predicted molar refractivity (Wildman–Crippen MR) is 144 cm³/mol. The second-order valence-corrected chi connectivity index (χ2v) is 9.37. The van der Waals surface area contributed by atoms with Gasteiger partial charge >= 0.3 is 0 Å². The molecule has 0 amide bonds. The van der Waals surface area contributed by atoms with E-state index in [4.69, 9.17) is 19.2 Å². The molecule has 7 rings (SSSR count). The number of hydrogen-bond acceptors (Lipinski definition) is 6. The summed E-state index contributed by atoms with van der Waals surface area (Å²) in [6, 6.07) is 28.6. The SMILES string of the molecule is COc1ccc(C2c3ccc4ccccc4c3Oc3ncn4nc(COc5ccc(C)cc5)nc4c32)cc1. The maximum absolute atomic E-state index is 6.50. The van der Waals surface area contributed by atoms with Gasteiger partial charge in [0.1, 0.15) is 30.2 Å². The highest BCUT2D eigenvalue weighted by Crippen LogP contribution is 2.50. The van der Waals surface area contributed by atoms with Crippen molar-refractivity contribution in [2.24, 2.45) is 0 Å². The van der Waals surface area contributed by atoms with E-state index in [1.165, 1.54) is 5.56 Å². The van der Waals surface area contributed by atoms with Crippen molar-refractivity contribution < 1.29 is 14.2 Å². The van der Waals surface area contributed by atoms with E-state index in [0.29, 0.717) is 17.4 Å². The quantitative estimate of drug-likeness (QED) is 0.270. The summed E-state index contributed by atoms with van der Waals surface area (Å²) in [6.07, 6.45) is 1.65. The molecule has 3 heterocycles. The van der Waals surface area contributed by atoms with Gasteiger partial charge in [-0.1, -0.05) is 66.2 Å². The highest BCUT2D eigenvalue weighted by molar-refractivity contribution is 5.91. The molecule has 1 aliphatic heterocycles. The fourth-order valence-electron chi connectivity index (χ4n) is 5.08. The lowest BCUT2D eigenvalue weighted by Crippen LogP contribution is -2.15. The van der Waals surface area contributed by atoms with E-state index in [1.807, 2.05) is 55.5 Å². The summed E-state index contributed by atoms with van der Waals surface area (Å²) in [5.41, 5.74) is 4.88. The average Bonchev–Trinajstić information content (AvgIpc) is 3.39. The van der Waals surface area contributed by atoms with Gasteiger partial charge < -0.3 is 14.2 Å². The summed E-state index contributed by atoms with van der Waals surface area (Å²) >= 11 is 0. The zero-order valence-electron chi connectivity index (χ0n) is 21.0. The first-order chi connectivity index (χ1) is 18.7. The Morgan fingerprint density at radius 2 is 1.68 bits per heavy atom. The van der Waals surface area contributed by atoms with Gasteiger partial charge in [0, 0.05) is 16.9 Å². The van der Waals surface area contributed by atoms with Gasteiger partial charge in [-0.05, 0) is 42.1 Å². The zero-order chi connectivity index (χ0) is 25.6. The predicted octanol–water partition coefficient (Wildman–Crippen LogP) is 6.46. The first kappa shape index (κ1) is 22.3. The van der Waals surface area contributed by atoms with Crippen molar-refractivity contribution in [2.45, 2.75) is 19.4 Å². The Balaban J connectivity index is 1.37. The van der Waals surface area contributed by atoms with Crippen LogP contribution in [0.15, 0.2) is 91.3 Å². The molecule has 0 spiro atoms. The molecule has 2 aromatic heterocycles. The summed E-state index contributed by atoms with van der Waals surface area (Å²) in [5.74, 6) is 3.33. The molecule has 0 N–H and O–H groups in total. The fraction of sp³-hybridized carbons (Fsp3) is 0.129. The van der Waals surface area contributed by atoms with Crippen LogP contribution in [-0.4, -0.2) is 26.7 Å². The van der Waals surface area contributed by atoms with E-state index in [9.17, 15) is 0 Å². The van der Waals surface area contributed by atoms with Crippen LogP contribution in [0.25, 0.3) is 16.4 Å². The summed E-state index contributed by atoms with van der Waals surface area (Å²) < 4.78 is 19.6. The second-order valence-electron chi connectivity index (χ2n) is 9.37. The van der Waals surface area contributed by atoms with Crippen LogP contribution >= 0.6 is 0 Å². The van der Waals surface area contributed by atoms with Gasteiger partial charge in [-0.15, -0.1) is 5.10 Å². The Hall–Kier alpha value is -4.91. The molecule has 186 valence electrons. The molecular formula is C31H24N4O3. The minimum absolute atomic E-state index is 0.157. The number of rotatable bonds is 5. The van der Waals surface area contributed by atoms with Crippen molar-refractivity contribution >= 4 is 16.4 Å². The molecule has 0 saturated carbocycles. The number of fused-ring (bicyclic) bond motifs is 6. The van der Waals surface area contributed by atoms with Gasteiger partial charge in [0.05, 0.1) is 12.7 Å². The first-order valence-corrected chi connectivity index (χ1v) is 12.4. The molecule has 0 bridgehead atoms. The van der Waals surface area contributed by atoms with Gasteiger partial charge in [0.25, 0.3) is 0 Å². The summed E-state index contributed by atoms with van der Waals surface area (Å²) in [5, 5.41) is 6.82. The van der Waals surface area contributed by atoms with Crippen LogP contribution in [0.3, 0.4) is 0 Å². The number of nitrogens with zero attached hydrogens (tertiary/aromatic N) is 4. The molecule has 4 aromatic carbocycles. The highest BCUT2D eigenvalue weighted by Gasteiger charge is 2.34. The molecule has 1 atom stereocenters. The van der Waals surface area contributed by atoms with Crippen LogP contribution in [0, 0.1) is 6.92 Å². The lowest BCUT2D eigenvalue weighted by atomic mass is 9.83. The molecular weight excluding hydrogens is 476 g/mol. The van der Waals surface area contributed by atoms with Crippen LogP contribution in [0.2, 0.25) is 0 Å². The summed E-state index contributed by atoms with van der Waals surface area (Å²) in [7, 11) is 1.67. The van der Waals surface area contributed by atoms with Crippen molar-refractivity contribution in [1.29, 1.82) is 0 Å². The third-order valence-electron chi connectivity index (χ3n) is 6.98. The lowest BCUT2D eigenvalue weighted by Gasteiger charge is -2.28. The number of ether oxygens (including phenoxy) is 3. The molecule has 0 saturated heterocycles. The summed E-state index contributed by atoms with van der Waals surface area (Å²) in [6.45, 7) is 2.29. The van der Waals surface area contributed by atoms with E-state index in [1.54, 1.807) is 18.0 Å². The number of methoxy groups -OCH3 is 1. The number of hydrogen-bond donors (Lipinski definition) is 0. The van der Waals surface area contributed by atoms with E-state index >= 15 is 0 Å². The number of aryl methyl sites for hydroxylation is 1. The second kappa shape index (κ2) is 8.88. The van der Waals surface area contributed by atoms with E-state index in [-0.39, 0.29) is 12.5 Å². The van der Waals surface area contributed by atoms with Crippen molar-refractivity contribution in [1.82, 2.24) is 19.6 Å². The Morgan fingerprint density at radius 3 is 2.50 bits per heavy atom. The topological polar surface area (TPSA) is 70.8 Å². The third-order valence-corrected chi connectivity index (χ3v) is 6.98. The normalized spacial score (nSPS) is 14.1. The zero-order valence-corrected chi connectivity index (χ0v) is 21.0. The van der Waals surface area contributed by atoms with Crippen molar-refractivity contribution in [3.8, 4) is 23.1 Å². The maximum Gasteiger partial charge on any atom is 0.228 e. The van der Waals surface area contributed by atoms with Crippen LogP contribution in [-0.2, 0) is 6.61 Å². The Morgan fingerprint density at radius 1 is 0.895 bits per heavy atom. The summed E-state index contributed by atoms with van der Waals surface area (Å²) in [4.78, 5) is 9.56. The molecule has 0 radical (unpaired) electrons. The van der Waals surface area contributed by atoms with Crippen LogP contribution in [0.5, 0.6) is 23.1 Å². The van der Waals surface area contributed by atoms with Crippen LogP contribution < -0.4 is 14.2 Å². The number of benzene rings is 4.